The van der Waals surface area contributed by atoms with E-state index in [0.29, 0.717) is 6.54 Å². The number of rotatable bonds is 10. The van der Waals surface area contributed by atoms with Crippen molar-refractivity contribution >= 4 is 18.3 Å². The van der Waals surface area contributed by atoms with Gasteiger partial charge in [0.2, 0.25) is 17.6 Å². The zero-order valence-corrected chi connectivity index (χ0v) is 21.8. The number of methoxy groups -OCH3 is 1. The Morgan fingerprint density at radius 3 is 2.24 bits per heavy atom. The predicted molar refractivity (Wildman–Crippen MR) is 136 cm³/mol. The predicted octanol–water partition coefficient (Wildman–Crippen LogP) is 3.11. The van der Waals surface area contributed by atoms with Gasteiger partial charge in [0, 0.05) is 18.7 Å². The second-order valence-electron chi connectivity index (χ2n) is 10.6. The summed E-state index contributed by atoms with van der Waals surface area (Å²) in [5.41, 5.74) is 0.0764. The van der Waals surface area contributed by atoms with Crippen LogP contribution in [0, 0.1) is 40.7 Å². The molecular formula is C28H37F2N3O5. The number of carbonyl (C=O) groups is 3. The van der Waals surface area contributed by atoms with E-state index >= 15 is 0 Å². The second-order valence-corrected chi connectivity index (χ2v) is 10.6. The number of nitrogens with one attached hydrogen (secondary N) is 2. The Kier molecular flexibility index (Phi) is 9.02. The molecule has 10 heteroatoms. The standard InChI is InChI=1S/C27H35F2N3O3.CH2O2/c1-35-20-9-6-17(23(28)24(20)29)16-31-26(34)22-19-8-7-18(27(19)10-11-27)21(22)25(33)30-12-2-3-13-32-14-4-5-15-32;2-1-3/h6-9,18-19,21-22H,2-5,10-16H2,1H3,(H,30,33)(H,31,34);1H,(H,2,3)/t18-,19+,21-,22-;/m1./s1. The highest BCUT2D eigenvalue weighted by atomic mass is 19.2. The number of unbranched alkanes of at least 4 members (excludes halogenated alkanes) is 1. The van der Waals surface area contributed by atoms with Crippen molar-refractivity contribution in [2.45, 2.75) is 45.1 Å². The summed E-state index contributed by atoms with van der Waals surface area (Å²) < 4.78 is 33.3. The van der Waals surface area contributed by atoms with E-state index in [1.165, 1.54) is 45.2 Å². The molecule has 2 amide bonds. The van der Waals surface area contributed by atoms with E-state index in [0.717, 1.165) is 32.2 Å². The molecule has 1 heterocycles. The Balaban J connectivity index is 0.00000107. The monoisotopic (exact) mass is 533 g/mol. The lowest BCUT2D eigenvalue weighted by Crippen LogP contribution is -2.44. The number of carboxylic acid groups (broad SMARTS) is 1. The van der Waals surface area contributed by atoms with Gasteiger partial charge in [-0.3, -0.25) is 14.4 Å². The van der Waals surface area contributed by atoms with Gasteiger partial charge in [0.05, 0.1) is 18.9 Å². The van der Waals surface area contributed by atoms with Gasteiger partial charge < -0.3 is 25.4 Å². The second kappa shape index (κ2) is 12.2. The third-order valence-corrected chi connectivity index (χ3v) is 8.65. The Morgan fingerprint density at radius 2 is 1.66 bits per heavy atom. The number of benzene rings is 1. The summed E-state index contributed by atoms with van der Waals surface area (Å²) in [7, 11) is 1.27. The number of hydrogen-bond donors (Lipinski definition) is 3. The Bertz CT molecular complexity index is 1060. The van der Waals surface area contributed by atoms with Crippen LogP contribution in [0.4, 0.5) is 8.78 Å². The van der Waals surface area contributed by atoms with Gasteiger partial charge in [-0.1, -0.05) is 18.2 Å². The minimum atomic E-state index is -1.07. The average molecular weight is 534 g/mol. The molecule has 2 bridgehead atoms. The molecule has 1 spiro atoms. The zero-order chi connectivity index (χ0) is 27.3. The van der Waals surface area contributed by atoms with E-state index in [2.05, 4.69) is 27.7 Å². The topological polar surface area (TPSA) is 108 Å². The molecule has 1 aliphatic heterocycles. The van der Waals surface area contributed by atoms with Crippen LogP contribution in [0.2, 0.25) is 0 Å². The first-order valence-corrected chi connectivity index (χ1v) is 13.4. The third kappa shape index (κ3) is 5.55. The summed E-state index contributed by atoms with van der Waals surface area (Å²) in [6, 6.07) is 2.76. The number of ether oxygens (including phenoxy) is 1. The van der Waals surface area contributed by atoms with Crippen LogP contribution in [0.25, 0.3) is 0 Å². The van der Waals surface area contributed by atoms with Crippen LogP contribution in [0.3, 0.4) is 0 Å². The maximum atomic E-state index is 14.4. The van der Waals surface area contributed by atoms with Crippen molar-refractivity contribution in [2.75, 3.05) is 33.3 Å². The molecule has 0 aromatic heterocycles. The summed E-state index contributed by atoms with van der Waals surface area (Å²) in [5.74, 6) is -3.40. The molecule has 208 valence electrons. The summed E-state index contributed by atoms with van der Waals surface area (Å²) >= 11 is 0. The molecule has 0 unspecified atom stereocenters. The maximum absolute atomic E-state index is 14.4. The first kappa shape index (κ1) is 28.0. The number of amides is 2. The molecule has 1 aromatic carbocycles. The smallest absolute Gasteiger partial charge is 0.290 e. The SMILES string of the molecule is COc1ccc(CNC(=O)[C@H]2[C@H](C(=O)NCCCCN3CCCC3)[C@H]3C=C[C@@H]2C32CC2)c(F)c1F.O=CO. The van der Waals surface area contributed by atoms with E-state index in [4.69, 9.17) is 14.6 Å². The lowest BCUT2D eigenvalue weighted by atomic mass is 9.81. The molecule has 5 rings (SSSR count). The van der Waals surface area contributed by atoms with Gasteiger partial charge in [0.1, 0.15) is 0 Å². The molecule has 4 aliphatic rings. The number of allylic oxidation sites excluding steroid dienone is 2. The van der Waals surface area contributed by atoms with Crippen LogP contribution in [-0.2, 0) is 20.9 Å². The number of nitrogens with zero attached hydrogens (tertiary/aromatic N) is 1. The largest absolute Gasteiger partial charge is 0.494 e. The van der Waals surface area contributed by atoms with Crippen molar-refractivity contribution in [3.05, 3.63) is 41.5 Å². The highest BCUT2D eigenvalue weighted by Crippen LogP contribution is 2.72. The van der Waals surface area contributed by atoms with Crippen LogP contribution in [0.15, 0.2) is 24.3 Å². The molecule has 3 aliphatic carbocycles. The minimum absolute atomic E-state index is 0.0240. The third-order valence-electron chi connectivity index (χ3n) is 8.65. The Morgan fingerprint density at radius 1 is 1.05 bits per heavy atom. The highest BCUT2D eigenvalue weighted by molar-refractivity contribution is 5.90. The molecule has 38 heavy (non-hydrogen) atoms. The lowest BCUT2D eigenvalue weighted by Gasteiger charge is -2.26. The zero-order valence-electron chi connectivity index (χ0n) is 21.8. The van der Waals surface area contributed by atoms with E-state index in [9.17, 15) is 18.4 Å². The van der Waals surface area contributed by atoms with E-state index in [1.54, 1.807) is 0 Å². The molecule has 8 nitrogen and oxygen atoms in total. The molecule has 0 radical (unpaired) electrons. The highest BCUT2D eigenvalue weighted by Gasteiger charge is 2.69. The van der Waals surface area contributed by atoms with E-state index in [1.807, 2.05) is 0 Å². The normalized spacial score (nSPS) is 26.1. The molecule has 1 saturated heterocycles. The van der Waals surface area contributed by atoms with E-state index < -0.39 is 23.5 Å². The van der Waals surface area contributed by atoms with Crippen LogP contribution >= 0.6 is 0 Å². The fraction of sp³-hybridized carbons (Fsp3) is 0.607. The Hall–Kier alpha value is -3.01. The summed E-state index contributed by atoms with van der Waals surface area (Å²) in [5, 5.41) is 12.8. The fourth-order valence-corrected chi connectivity index (χ4v) is 6.67. The van der Waals surface area contributed by atoms with E-state index in [-0.39, 0.29) is 53.4 Å². The van der Waals surface area contributed by atoms with Crippen molar-refractivity contribution in [3.63, 3.8) is 0 Å². The fourth-order valence-electron chi connectivity index (χ4n) is 6.67. The molecular weight excluding hydrogens is 496 g/mol. The number of hydrogen-bond acceptors (Lipinski definition) is 5. The Labute approximate surface area is 221 Å². The lowest BCUT2D eigenvalue weighted by molar-refractivity contribution is -0.135. The number of carbonyl (C=O) groups excluding carboxylic acids is 2. The van der Waals surface area contributed by atoms with Crippen molar-refractivity contribution in [2.24, 2.45) is 29.1 Å². The first-order valence-electron chi connectivity index (χ1n) is 13.4. The minimum Gasteiger partial charge on any atom is -0.494 e. The van der Waals surface area contributed by atoms with Crippen molar-refractivity contribution < 1.29 is 33.0 Å². The van der Waals surface area contributed by atoms with Crippen LogP contribution in [-0.4, -0.2) is 61.6 Å². The van der Waals surface area contributed by atoms with Gasteiger partial charge in [0.15, 0.2) is 11.6 Å². The maximum Gasteiger partial charge on any atom is 0.290 e. The van der Waals surface area contributed by atoms with Crippen LogP contribution in [0.5, 0.6) is 5.75 Å². The number of likely N-dealkylation sites (tertiary alicyclic amines) is 1. The average Bonchev–Trinajstić information content (AvgIpc) is 3.27. The summed E-state index contributed by atoms with van der Waals surface area (Å²) in [6.45, 7) is 3.65. The van der Waals surface area contributed by atoms with Crippen molar-refractivity contribution in [3.8, 4) is 5.75 Å². The van der Waals surface area contributed by atoms with Gasteiger partial charge in [-0.15, -0.1) is 0 Å². The van der Waals surface area contributed by atoms with Gasteiger partial charge in [-0.05, 0) is 81.5 Å². The quantitative estimate of drug-likeness (QED) is 0.242. The molecule has 3 N–H and O–H groups in total. The van der Waals surface area contributed by atoms with Crippen LogP contribution in [0.1, 0.15) is 44.1 Å². The van der Waals surface area contributed by atoms with Gasteiger partial charge in [-0.25, -0.2) is 4.39 Å². The van der Waals surface area contributed by atoms with Crippen molar-refractivity contribution in [1.29, 1.82) is 0 Å². The number of halogens is 2. The summed E-state index contributed by atoms with van der Waals surface area (Å²) in [4.78, 5) is 37.4. The first-order chi connectivity index (χ1) is 18.4. The van der Waals surface area contributed by atoms with Crippen molar-refractivity contribution in [1.82, 2.24) is 15.5 Å². The molecule has 4 atom stereocenters. The van der Waals surface area contributed by atoms with Crippen LogP contribution < -0.4 is 15.4 Å². The molecule has 1 aromatic rings. The van der Waals surface area contributed by atoms with Gasteiger partial charge in [0.25, 0.3) is 6.47 Å². The molecule has 2 saturated carbocycles. The summed E-state index contributed by atoms with van der Waals surface area (Å²) in [6.07, 6.45) is 10.8. The van der Waals surface area contributed by atoms with Gasteiger partial charge >= 0.3 is 0 Å². The van der Waals surface area contributed by atoms with Gasteiger partial charge in [-0.2, -0.15) is 4.39 Å². The molecule has 3 fully saturated rings.